The van der Waals surface area contributed by atoms with E-state index in [9.17, 15) is 4.79 Å². The maximum Gasteiger partial charge on any atom is 0.185 e. The second-order valence-corrected chi connectivity index (χ2v) is 4.76. The van der Waals surface area contributed by atoms with Crippen molar-refractivity contribution in [2.75, 3.05) is 0 Å². The van der Waals surface area contributed by atoms with E-state index in [0.29, 0.717) is 18.4 Å². The molecule has 5 nitrogen and oxygen atoms in total. The molecule has 2 aromatic heterocycles. The van der Waals surface area contributed by atoms with E-state index in [0.717, 1.165) is 12.0 Å². The Bertz CT molecular complexity index is 537. The van der Waals surface area contributed by atoms with Gasteiger partial charge in [0, 0.05) is 18.6 Å². The van der Waals surface area contributed by atoms with Crippen LogP contribution in [-0.4, -0.2) is 25.6 Å². The molecular weight excluding hydrogens is 228 g/mol. The van der Waals surface area contributed by atoms with Crippen molar-refractivity contribution in [2.24, 2.45) is 0 Å². The molecule has 3 rings (SSSR count). The van der Waals surface area contributed by atoms with E-state index in [1.165, 1.54) is 25.7 Å². The van der Waals surface area contributed by atoms with Crippen molar-refractivity contribution in [1.82, 2.24) is 19.3 Å². The first-order chi connectivity index (χ1) is 8.86. The minimum atomic E-state index is 0.449. The molecule has 2 aromatic rings. The van der Waals surface area contributed by atoms with Crippen LogP contribution < -0.4 is 0 Å². The maximum absolute atomic E-state index is 10.8. The van der Waals surface area contributed by atoms with E-state index in [1.807, 2.05) is 16.8 Å². The smallest absolute Gasteiger partial charge is 0.185 e. The van der Waals surface area contributed by atoms with Crippen LogP contribution in [0.1, 0.15) is 48.0 Å². The lowest BCUT2D eigenvalue weighted by molar-refractivity contribution is 0.111. The highest BCUT2D eigenvalue weighted by molar-refractivity contribution is 5.69. The fourth-order valence-electron chi connectivity index (χ4n) is 2.58. The molecule has 1 saturated carbocycles. The summed E-state index contributed by atoms with van der Waals surface area (Å²) in [6, 6.07) is 2.58. The Labute approximate surface area is 105 Å². The number of carbonyl (C=O) groups excluding carboxylic acids is 1. The molecule has 0 unspecified atom stereocenters. The molecule has 0 aliphatic heterocycles. The normalized spacial score (nSPS) is 16.2. The summed E-state index contributed by atoms with van der Waals surface area (Å²) < 4.78 is 3.88. The second kappa shape index (κ2) is 4.76. The molecule has 0 atom stereocenters. The fourth-order valence-corrected chi connectivity index (χ4v) is 2.58. The molecule has 0 radical (unpaired) electrons. The fraction of sp³-hybridized carbons (Fsp3) is 0.462. The van der Waals surface area contributed by atoms with Crippen LogP contribution in [0.5, 0.6) is 0 Å². The summed E-state index contributed by atoms with van der Waals surface area (Å²) in [4.78, 5) is 14.8. The molecule has 0 N–H and O–H groups in total. The van der Waals surface area contributed by atoms with E-state index in [1.54, 1.807) is 12.4 Å². The maximum atomic E-state index is 10.8. The van der Waals surface area contributed by atoms with Gasteiger partial charge in [-0.3, -0.25) is 9.48 Å². The van der Waals surface area contributed by atoms with Crippen LogP contribution in [0.25, 0.3) is 0 Å². The van der Waals surface area contributed by atoms with Gasteiger partial charge in [0.2, 0.25) is 0 Å². The number of aromatic nitrogens is 4. The van der Waals surface area contributed by atoms with Crippen LogP contribution >= 0.6 is 0 Å². The lowest BCUT2D eigenvalue weighted by Gasteiger charge is -2.09. The van der Waals surface area contributed by atoms with Crippen molar-refractivity contribution in [3.63, 3.8) is 0 Å². The monoisotopic (exact) mass is 244 g/mol. The first kappa shape index (κ1) is 11.2. The SMILES string of the molecule is O=Cc1nccn1Cc1ccn(C2CCCC2)n1. The zero-order valence-corrected chi connectivity index (χ0v) is 10.2. The van der Waals surface area contributed by atoms with Gasteiger partial charge in [-0.25, -0.2) is 4.98 Å². The summed E-state index contributed by atoms with van der Waals surface area (Å²) >= 11 is 0. The van der Waals surface area contributed by atoms with Gasteiger partial charge >= 0.3 is 0 Å². The zero-order valence-electron chi connectivity index (χ0n) is 10.2. The standard InChI is InChI=1S/C13H16N4O/c18-10-13-14-6-8-16(13)9-11-5-7-17(15-11)12-3-1-2-4-12/h5-8,10,12H,1-4,9H2. The van der Waals surface area contributed by atoms with E-state index >= 15 is 0 Å². The number of hydrogen-bond donors (Lipinski definition) is 0. The number of imidazole rings is 1. The molecule has 1 aliphatic carbocycles. The predicted molar refractivity (Wildman–Crippen MR) is 66.4 cm³/mol. The van der Waals surface area contributed by atoms with Gasteiger partial charge in [0.05, 0.1) is 18.3 Å². The number of rotatable bonds is 4. The molecular formula is C13H16N4O. The average molecular weight is 244 g/mol. The third-order valence-electron chi connectivity index (χ3n) is 3.55. The molecule has 0 amide bonds. The van der Waals surface area contributed by atoms with E-state index in [4.69, 9.17) is 0 Å². The van der Waals surface area contributed by atoms with Gasteiger partial charge in [-0.2, -0.15) is 5.10 Å². The summed E-state index contributed by atoms with van der Waals surface area (Å²) in [5, 5.41) is 4.59. The van der Waals surface area contributed by atoms with Gasteiger partial charge in [-0.1, -0.05) is 12.8 Å². The van der Waals surface area contributed by atoms with Gasteiger partial charge < -0.3 is 4.57 Å². The first-order valence-corrected chi connectivity index (χ1v) is 6.37. The first-order valence-electron chi connectivity index (χ1n) is 6.37. The molecule has 2 heterocycles. The van der Waals surface area contributed by atoms with Gasteiger partial charge in [0.15, 0.2) is 12.1 Å². The van der Waals surface area contributed by atoms with Crippen LogP contribution in [0.3, 0.4) is 0 Å². The molecule has 94 valence electrons. The summed E-state index contributed by atoms with van der Waals surface area (Å²) in [7, 11) is 0. The summed E-state index contributed by atoms with van der Waals surface area (Å²) in [5.41, 5.74) is 0.975. The topological polar surface area (TPSA) is 52.7 Å². The van der Waals surface area contributed by atoms with Gasteiger partial charge in [-0.05, 0) is 18.9 Å². The van der Waals surface area contributed by atoms with Crippen molar-refractivity contribution in [1.29, 1.82) is 0 Å². The van der Waals surface area contributed by atoms with E-state index < -0.39 is 0 Å². The highest BCUT2D eigenvalue weighted by Crippen LogP contribution is 2.28. The van der Waals surface area contributed by atoms with Gasteiger partial charge in [0.1, 0.15) is 0 Å². The van der Waals surface area contributed by atoms with Gasteiger partial charge in [0.25, 0.3) is 0 Å². The van der Waals surface area contributed by atoms with Crippen LogP contribution in [0.15, 0.2) is 24.7 Å². The van der Waals surface area contributed by atoms with Gasteiger partial charge in [-0.15, -0.1) is 0 Å². The molecule has 5 heteroatoms. The average Bonchev–Trinajstić information content (AvgIpc) is 3.10. The van der Waals surface area contributed by atoms with Crippen LogP contribution in [0, 0.1) is 0 Å². The Balaban J connectivity index is 1.75. The predicted octanol–water partition coefficient (Wildman–Crippen LogP) is 2.06. The second-order valence-electron chi connectivity index (χ2n) is 4.76. The van der Waals surface area contributed by atoms with Crippen molar-refractivity contribution < 1.29 is 4.79 Å². The van der Waals surface area contributed by atoms with Crippen molar-refractivity contribution in [3.05, 3.63) is 36.2 Å². The highest BCUT2D eigenvalue weighted by Gasteiger charge is 2.17. The molecule has 0 saturated heterocycles. The summed E-state index contributed by atoms with van der Waals surface area (Å²) in [5.74, 6) is 0.449. The number of nitrogens with zero attached hydrogens (tertiary/aromatic N) is 4. The largest absolute Gasteiger partial charge is 0.323 e. The van der Waals surface area contributed by atoms with Crippen LogP contribution in [-0.2, 0) is 6.54 Å². The van der Waals surface area contributed by atoms with E-state index in [2.05, 4.69) is 14.8 Å². The molecule has 18 heavy (non-hydrogen) atoms. The molecule has 1 fully saturated rings. The van der Waals surface area contributed by atoms with Crippen LogP contribution in [0.2, 0.25) is 0 Å². The lowest BCUT2D eigenvalue weighted by atomic mass is 10.3. The lowest BCUT2D eigenvalue weighted by Crippen LogP contribution is -2.08. The minimum absolute atomic E-state index is 0.449. The molecule has 0 bridgehead atoms. The van der Waals surface area contributed by atoms with Crippen LogP contribution in [0.4, 0.5) is 0 Å². The molecule has 1 aliphatic rings. The number of hydrogen-bond acceptors (Lipinski definition) is 3. The highest BCUT2D eigenvalue weighted by atomic mass is 16.1. The van der Waals surface area contributed by atoms with Crippen molar-refractivity contribution >= 4 is 6.29 Å². The Morgan fingerprint density at radius 1 is 1.33 bits per heavy atom. The number of aldehydes is 1. The van der Waals surface area contributed by atoms with Crippen molar-refractivity contribution in [2.45, 2.75) is 38.3 Å². The number of carbonyl (C=O) groups is 1. The third kappa shape index (κ3) is 2.08. The Kier molecular flexibility index (Phi) is 2.96. The Morgan fingerprint density at radius 3 is 2.94 bits per heavy atom. The zero-order chi connectivity index (χ0) is 12.4. The third-order valence-corrected chi connectivity index (χ3v) is 3.55. The Morgan fingerprint density at radius 2 is 2.17 bits per heavy atom. The van der Waals surface area contributed by atoms with E-state index in [-0.39, 0.29) is 0 Å². The quantitative estimate of drug-likeness (QED) is 0.773. The Hall–Kier alpha value is -1.91. The molecule has 0 spiro atoms. The van der Waals surface area contributed by atoms with Crippen molar-refractivity contribution in [3.8, 4) is 0 Å². The molecule has 0 aromatic carbocycles. The summed E-state index contributed by atoms with van der Waals surface area (Å²) in [6.07, 6.45) is 11.3. The minimum Gasteiger partial charge on any atom is -0.323 e. The summed E-state index contributed by atoms with van der Waals surface area (Å²) in [6.45, 7) is 0.605.